The van der Waals surface area contributed by atoms with Gasteiger partial charge in [0.2, 0.25) is 0 Å². The van der Waals surface area contributed by atoms with Crippen molar-refractivity contribution in [1.82, 2.24) is 14.1 Å². The maximum absolute atomic E-state index is 11.0. The predicted octanol–water partition coefficient (Wildman–Crippen LogP) is 2.59. The highest BCUT2D eigenvalue weighted by molar-refractivity contribution is 6.29. The van der Waals surface area contributed by atoms with E-state index in [-0.39, 0.29) is 5.62 Å². The quantitative estimate of drug-likeness (QED) is 0.371. The third kappa shape index (κ3) is 4.80. The molecule has 0 aliphatic rings. The first-order chi connectivity index (χ1) is 13.0. The molecule has 1 aromatic carbocycles. The molecule has 136 valence electrons. The number of rotatable bonds is 6. The minimum Gasteiger partial charge on any atom is -0.312 e. The summed E-state index contributed by atoms with van der Waals surface area (Å²) in [4.78, 5) is 15.0. The van der Waals surface area contributed by atoms with Crippen molar-refractivity contribution >= 4 is 11.6 Å². The van der Waals surface area contributed by atoms with Crippen molar-refractivity contribution in [3.05, 3.63) is 92.6 Å². The molecular formula is C18H15ClN6O2. The lowest BCUT2D eigenvalue weighted by atomic mass is 10.1. The number of hydrogen-bond donors (Lipinski definition) is 0. The van der Waals surface area contributed by atoms with Gasteiger partial charge in [0.05, 0.1) is 18.2 Å². The van der Waals surface area contributed by atoms with E-state index in [1.54, 1.807) is 45.9 Å². The van der Waals surface area contributed by atoms with E-state index >= 15 is 0 Å². The van der Waals surface area contributed by atoms with Crippen LogP contribution in [0.3, 0.4) is 0 Å². The molecule has 0 aliphatic carbocycles. The van der Waals surface area contributed by atoms with Gasteiger partial charge >= 0.3 is 0 Å². The molecule has 8 nitrogen and oxygen atoms in total. The Hall–Kier alpha value is -3.44. The van der Waals surface area contributed by atoms with Gasteiger partial charge in [0.15, 0.2) is 5.03 Å². The third-order valence-corrected chi connectivity index (χ3v) is 4.17. The van der Waals surface area contributed by atoms with Crippen LogP contribution in [-0.4, -0.2) is 19.2 Å². The fourth-order valence-electron chi connectivity index (χ4n) is 2.69. The van der Waals surface area contributed by atoms with Crippen LogP contribution in [0.4, 0.5) is 0 Å². The highest BCUT2D eigenvalue weighted by Gasteiger charge is 2.08. The Morgan fingerprint density at radius 1 is 1.22 bits per heavy atom. The summed E-state index contributed by atoms with van der Waals surface area (Å²) in [5, 5.41) is 23.2. The number of benzene rings is 1. The smallest absolute Gasteiger partial charge is 0.282 e. The van der Waals surface area contributed by atoms with Crippen molar-refractivity contribution in [3.63, 3.8) is 0 Å². The number of nitro groups is 1. The summed E-state index contributed by atoms with van der Waals surface area (Å²) >= 11 is 5.79. The molecule has 0 saturated heterocycles. The molecule has 0 N–H and O–H groups in total. The highest BCUT2D eigenvalue weighted by atomic mass is 35.5. The average Bonchev–Trinajstić information content (AvgIpc) is 3.03. The maximum Gasteiger partial charge on any atom is 0.282 e. The number of aromatic nitrogens is 3. The van der Waals surface area contributed by atoms with Crippen molar-refractivity contribution in [3.8, 4) is 6.07 Å². The van der Waals surface area contributed by atoms with Crippen molar-refractivity contribution < 1.29 is 5.03 Å². The minimum absolute atomic E-state index is 0.228. The molecule has 0 amide bonds. The Morgan fingerprint density at radius 3 is 2.74 bits per heavy atom. The second-order valence-corrected chi connectivity index (χ2v) is 6.20. The molecule has 0 unspecified atom stereocenters. The summed E-state index contributed by atoms with van der Waals surface area (Å²) in [6.45, 7) is 0.876. The standard InChI is InChI=1S/C18H15ClN6O2/c19-17-5-4-16(12-21-17)13-24-9-8-23(18(24)22-25(26)27)7-6-14-2-1-3-15(10-14)11-20/h1-5,8-10,12H,6-7,13H2. The van der Waals surface area contributed by atoms with Crippen LogP contribution in [0, 0.1) is 21.4 Å². The van der Waals surface area contributed by atoms with Gasteiger partial charge in [-0.2, -0.15) is 5.26 Å². The van der Waals surface area contributed by atoms with E-state index in [4.69, 9.17) is 16.9 Å². The number of halogens is 1. The fraction of sp³-hybridized carbons (Fsp3) is 0.167. The first-order valence-electron chi connectivity index (χ1n) is 8.09. The monoisotopic (exact) mass is 382 g/mol. The van der Waals surface area contributed by atoms with E-state index in [2.05, 4.69) is 16.2 Å². The van der Waals surface area contributed by atoms with Gasteiger partial charge in [-0.15, -0.1) is 0 Å². The lowest BCUT2D eigenvalue weighted by molar-refractivity contribution is -0.491. The second-order valence-electron chi connectivity index (χ2n) is 5.81. The zero-order valence-corrected chi connectivity index (χ0v) is 15.0. The van der Waals surface area contributed by atoms with Crippen molar-refractivity contribution in [1.29, 1.82) is 5.26 Å². The van der Waals surface area contributed by atoms with Crippen LogP contribution in [0.5, 0.6) is 0 Å². The number of nitriles is 1. The van der Waals surface area contributed by atoms with E-state index in [1.807, 2.05) is 18.2 Å². The molecule has 2 heterocycles. The molecule has 3 rings (SSSR count). The summed E-state index contributed by atoms with van der Waals surface area (Å²) in [7, 11) is 0. The van der Waals surface area contributed by atoms with Crippen LogP contribution < -0.4 is 5.62 Å². The fourth-order valence-corrected chi connectivity index (χ4v) is 2.80. The number of imidazole rings is 1. The Kier molecular flexibility index (Phi) is 5.64. The van der Waals surface area contributed by atoms with E-state index in [0.29, 0.717) is 30.2 Å². The van der Waals surface area contributed by atoms with Gasteiger partial charge in [0.1, 0.15) is 10.3 Å². The molecule has 27 heavy (non-hydrogen) atoms. The maximum atomic E-state index is 11.0. The average molecular weight is 383 g/mol. The van der Waals surface area contributed by atoms with Crippen LogP contribution in [0.1, 0.15) is 16.7 Å². The Bertz CT molecular complexity index is 1060. The van der Waals surface area contributed by atoms with Gasteiger partial charge in [-0.1, -0.05) is 29.8 Å². The van der Waals surface area contributed by atoms with Crippen molar-refractivity contribution in [2.24, 2.45) is 5.10 Å². The van der Waals surface area contributed by atoms with Crippen LogP contribution in [0.2, 0.25) is 5.15 Å². The molecule has 0 aliphatic heterocycles. The van der Waals surface area contributed by atoms with Gasteiger partial charge < -0.3 is 9.13 Å². The summed E-state index contributed by atoms with van der Waals surface area (Å²) < 4.78 is 3.39. The normalized spacial score (nSPS) is 11.3. The van der Waals surface area contributed by atoms with Crippen LogP contribution in [0.15, 0.2) is 60.1 Å². The molecule has 0 bridgehead atoms. The zero-order valence-electron chi connectivity index (χ0n) is 14.2. The molecule has 9 heteroatoms. The summed E-state index contributed by atoms with van der Waals surface area (Å²) in [5.74, 6) is 0. The van der Waals surface area contributed by atoms with E-state index in [0.717, 1.165) is 11.1 Å². The number of pyridine rings is 1. The molecule has 0 fully saturated rings. The SMILES string of the molecule is N#Cc1cccc(CCn2ccn(Cc3ccc(Cl)nc3)c2=N[N+](=O)[O-])c1. The number of nitrogens with zero attached hydrogens (tertiary/aromatic N) is 6. The number of hydrogen-bond acceptors (Lipinski definition) is 4. The van der Waals surface area contributed by atoms with Crippen LogP contribution in [-0.2, 0) is 19.5 Å². The van der Waals surface area contributed by atoms with Gasteiger partial charge in [0, 0.05) is 25.1 Å². The van der Waals surface area contributed by atoms with E-state index in [1.165, 1.54) is 0 Å². The van der Waals surface area contributed by atoms with E-state index < -0.39 is 5.03 Å². The highest BCUT2D eigenvalue weighted by Crippen LogP contribution is 2.08. The second kappa shape index (κ2) is 8.29. The Labute approximate surface area is 159 Å². The first kappa shape index (κ1) is 18.4. The number of aryl methyl sites for hydroxylation is 2. The van der Waals surface area contributed by atoms with Crippen molar-refractivity contribution in [2.75, 3.05) is 0 Å². The molecule has 0 spiro atoms. The molecular weight excluding hydrogens is 368 g/mol. The lowest BCUT2D eigenvalue weighted by Gasteiger charge is -2.05. The Balaban J connectivity index is 1.85. The van der Waals surface area contributed by atoms with Gasteiger partial charge in [-0.05, 0) is 35.7 Å². The Morgan fingerprint density at radius 2 is 2.04 bits per heavy atom. The molecule has 3 aromatic rings. The molecule has 2 aromatic heterocycles. The topological polar surface area (TPSA) is 102 Å². The summed E-state index contributed by atoms with van der Waals surface area (Å²) in [6.07, 6.45) is 5.73. The summed E-state index contributed by atoms with van der Waals surface area (Å²) in [5.41, 5.74) is 2.64. The first-order valence-corrected chi connectivity index (χ1v) is 8.47. The van der Waals surface area contributed by atoms with Gasteiger partial charge in [-0.25, -0.2) is 15.1 Å². The van der Waals surface area contributed by atoms with Gasteiger partial charge in [-0.3, -0.25) is 0 Å². The summed E-state index contributed by atoms with van der Waals surface area (Å²) in [6, 6.07) is 12.9. The van der Waals surface area contributed by atoms with Crippen LogP contribution >= 0.6 is 11.6 Å². The minimum atomic E-state index is -0.710. The molecule has 0 atom stereocenters. The largest absolute Gasteiger partial charge is 0.312 e. The third-order valence-electron chi connectivity index (χ3n) is 3.95. The zero-order chi connectivity index (χ0) is 19.2. The van der Waals surface area contributed by atoms with E-state index in [9.17, 15) is 10.1 Å². The van der Waals surface area contributed by atoms with Crippen LogP contribution in [0.25, 0.3) is 0 Å². The van der Waals surface area contributed by atoms with Gasteiger partial charge in [0.25, 0.3) is 5.62 Å². The predicted molar refractivity (Wildman–Crippen MR) is 98.2 cm³/mol. The van der Waals surface area contributed by atoms with Crippen molar-refractivity contribution in [2.45, 2.75) is 19.5 Å². The molecule has 0 radical (unpaired) electrons. The lowest BCUT2D eigenvalue weighted by Crippen LogP contribution is -2.28. The molecule has 0 saturated carbocycles.